The third-order valence-electron chi connectivity index (χ3n) is 2.29. The smallest absolute Gasteiger partial charge is 0.258 e. The summed E-state index contributed by atoms with van der Waals surface area (Å²) in [5.74, 6) is 0.380. The van der Waals surface area contributed by atoms with Gasteiger partial charge < -0.3 is 14.7 Å². The van der Waals surface area contributed by atoms with Gasteiger partial charge in [0.25, 0.3) is 5.91 Å². The molecule has 0 heterocycles. The Bertz CT molecular complexity index is 365. The summed E-state index contributed by atoms with van der Waals surface area (Å²) in [6.45, 7) is 2.94. The van der Waals surface area contributed by atoms with Crippen LogP contribution in [0.2, 0.25) is 0 Å². The highest BCUT2D eigenvalue weighted by molar-refractivity contribution is 5.98. The summed E-state index contributed by atoms with van der Waals surface area (Å²) in [4.78, 5) is 13.2. The normalized spacial score (nSPS) is 11.1. The molecule has 1 N–H and O–H groups in total. The number of hydrogen-bond acceptors (Lipinski definition) is 3. The fourth-order valence-electron chi connectivity index (χ4n) is 1.33. The highest BCUT2D eigenvalue weighted by atomic mass is 16.5. The Balaban J connectivity index is 2.88. The van der Waals surface area contributed by atoms with E-state index in [0.717, 1.165) is 5.75 Å². The molecule has 1 rings (SSSR count). The minimum absolute atomic E-state index is 0.349. The molecular formula is C12H17NO3. The van der Waals surface area contributed by atoms with E-state index in [1.165, 1.54) is 18.7 Å². The molecule has 0 aliphatic heterocycles. The fraction of sp³-hybridized carbons (Fsp3) is 0.417. The summed E-state index contributed by atoms with van der Waals surface area (Å²) in [6, 6.07) is 7.07. The van der Waals surface area contributed by atoms with Gasteiger partial charge in [-0.2, -0.15) is 0 Å². The van der Waals surface area contributed by atoms with Crippen molar-refractivity contribution in [2.75, 3.05) is 19.1 Å². The lowest BCUT2D eigenvalue weighted by Crippen LogP contribution is -2.43. The molecule has 0 atom stereocenters. The average Bonchev–Trinajstić information content (AvgIpc) is 2.26. The summed E-state index contributed by atoms with van der Waals surface area (Å²) < 4.78 is 5.02. The quantitative estimate of drug-likeness (QED) is 0.843. The first-order valence-electron chi connectivity index (χ1n) is 5.01. The average molecular weight is 223 g/mol. The number of aliphatic hydroxyl groups is 1. The number of carbonyl (C=O) groups excluding carboxylic acids is 1. The predicted molar refractivity (Wildman–Crippen MR) is 62.7 cm³/mol. The monoisotopic (exact) mass is 223 g/mol. The van der Waals surface area contributed by atoms with Crippen molar-refractivity contribution >= 4 is 11.6 Å². The predicted octanol–water partition coefficient (Wildman–Crippen LogP) is 1.43. The molecule has 0 aromatic heterocycles. The van der Waals surface area contributed by atoms with Crippen molar-refractivity contribution in [3.8, 4) is 5.75 Å². The van der Waals surface area contributed by atoms with Crippen LogP contribution in [0.4, 0.5) is 5.69 Å². The van der Waals surface area contributed by atoms with Crippen LogP contribution in [0.3, 0.4) is 0 Å². The van der Waals surface area contributed by atoms with Crippen molar-refractivity contribution in [1.82, 2.24) is 0 Å². The van der Waals surface area contributed by atoms with E-state index in [0.29, 0.717) is 5.69 Å². The van der Waals surface area contributed by atoms with Crippen molar-refractivity contribution in [3.63, 3.8) is 0 Å². The van der Waals surface area contributed by atoms with E-state index in [-0.39, 0.29) is 5.91 Å². The van der Waals surface area contributed by atoms with E-state index in [2.05, 4.69) is 0 Å². The number of benzene rings is 1. The highest BCUT2D eigenvalue weighted by Crippen LogP contribution is 2.20. The first-order chi connectivity index (χ1) is 7.36. The van der Waals surface area contributed by atoms with Gasteiger partial charge in [-0.1, -0.05) is 0 Å². The van der Waals surface area contributed by atoms with Gasteiger partial charge in [-0.05, 0) is 38.1 Å². The van der Waals surface area contributed by atoms with Crippen LogP contribution in [0.1, 0.15) is 13.8 Å². The molecule has 0 unspecified atom stereocenters. The summed E-state index contributed by atoms with van der Waals surface area (Å²) in [5.41, 5.74) is -0.651. The largest absolute Gasteiger partial charge is 0.497 e. The molecule has 1 aromatic carbocycles. The number of rotatable bonds is 3. The molecule has 16 heavy (non-hydrogen) atoms. The van der Waals surface area contributed by atoms with Gasteiger partial charge in [0.05, 0.1) is 7.11 Å². The molecule has 4 nitrogen and oxygen atoms in total. The number of likely N-dealkylation sites (N-methyl/N-ethyl adjacent to an activating group) is 1. The van der Waals surface area contributed by atoms with Gasteiger partial charge >= 0.3 is 0 Å². The van der Waals surface area contributed by atoms with Crippen molar-refractivity contribution in [3.05, 3.63) is 24.3 Å². The maximum absolute atomic E-state index is 11.8. The van der Waals surface area contributed by atoms with Gasteiger partial charge in [-0.3, -0.25) is 4.79 Å². The molecule has 0 saturated heterocycles. The van der Waals surface area contributed by atoms with Crippen LogP contribution in [-0.4, -0.2) is 30.8 Å². The van der Waals surface area contributed by atoms with Gasteiger partial charge in [0.2, 0.25) is 0 Å². The standard InChI is InChI=1S/C12H17NO3/c1-12(2,15)11(14)13(3)9-5-7-10(16-4)8-6-9/h5-8,15H,1-4H3. The SMILES string of the molecule is COc1ccc(N(C)C(=O)C(C)(C)O)cc1. The van der Waals surface area contributed by atoms with Crippen molar-refractivity contribution in [2.45, 2.75) is 19.4 Å². The van der Waals surface area contributed by atoms with Crippen LogP contribution in [-0.2, 0) is 4.79 Å². The molecule has 1 aromatic rings. The van der Waals surface area contributed by atoms with Crippen LogP contribution in [0.15, 0.2) is 24.3 Å². The molecule has 0 aliphatic carbocycles. The van der Waals surface area contributed by atoms with E-state index in [9.17, 15) is 9.90 Å². The molecular weight excluding hydrogens is 206 g/mol. The van der Waals surface area contributed by atoms with Crippen LogP contribution < -0.4 is 9.64 Å². The van der Waals surface area contributed by atoms with Gasteiger partial charge in [0, 0.05) is 12.7 Å². The molecule has 0 fully saturated rings. The lowest BCUT2D eigenvalue weighted by molar-refractivity contribution is -0.133. The molecule has 88 valence electrons. The maximum Gasteiger partial charge on any atom is 0.258 e. The van der Waals surface area contributed by atoms with Crippen molar-refractivity contribution in [1.29, 1.82) is 0 Å². The molecule has 4 heteroatoms. The zero-order chi connectivity index (χ0) is 12.3. The highest BCUT2D eigenvalue weighted by Gasteiger charge is 2.27. The summed E-state index contributed by atoms with van der Waals surface area (Å²) in [7, 11) is 3.21. The molecule has 0 bridgehead atoms. The van der Waals surface area contributed by atoms with Crippen LogP contribution in [0.5, 0.6) is 5.75 Å². The van der Waals surface area contributed by atoms with Gasteiger partial charge in [-0.25, -0.2) is 0 Å². The number of nitrogens with zero attached hydrogens (tertiary/aromatic N) is 1. The Labute approximate surface area is 95.5 Å². The maximum atomic E-state index is 11.8. The van der Waals surface area contributed by atoms with E-state index in [1.54, 1.807) is 38.4 Å². The second-order valence-electron chi connectivity index (χ2n) is 4.12. The topological polar surface area (TPSA) is 49.8 Å². The Kier molecular flexibility index (Phi) is 3.55. The minimum atomic E-state index is -1.37. The van der Waals surface area contributed by atoms with Crippen LogP contribution in [0.25, 0.3) is 0 Å². The second kappa shape index (κ2) is 4.53. The number of carbonyl (C=O) groups is 1. The minimum Gasteiger partial charge on any atom is -0.497 e. The first-order valence-corrected chi connectivity index (χ1v) is 5.01. The number of hydrogen-bond donors (Lipinski definition) is 1. The molecule has 0 aliphatic rings. The third-order valence-corrected chi connectivity index (χ3v) is 2.29. The molecule has 0 saturated carbocycles. The van der Waals surface area contributed by atoms with Crippen molar-refractivity contribution in [2.24, 2.45) is 0 Å². The van der Waals surface area contributed by atoms with E-state index < -0.39 is 5.60 Å². The Morgan fingerprint density at radius 1 is 1.31 bits per heavy atom. The van der Waals surface area contributed by atoms with Crippen LogP contribution >= 0.6 is 0 Å². The number of ether oxygens (including phenoxy) is 1. The summed E-state index contributed by atoms with van der Waals surface area (Å²) in [6.07, 6.45) is 0. The first kappa shape index (κ1) is 12.5. The third kappa shape index (κ3) is 2.73. The van der Waals surface area contributed by atoms with Gasteiger partial charge in [-0.15, -0.1) is 0 Å². The van der Waals surface area contributed by atoms with E-state index in [1.807, 2.05) is 0 Å². The van der Waals surface area contributed by atoms with Crippen molar-refractivity contribution < 1.29 is 14.6 Å². The fourth-order valence-corrected chi connectivity index (χ4v) is 1.33. The Morgan fingerprint density at radius 2 is 1.81 bits per heavy atom. The zero-order valence-corrected chi connectivity index (χ0v) is 10.0. The molecule has 1 amide bonds. The molecule has 0 radical (unpaired) electrons. The number of anilines is 1. The van der Waals surface area contributed by atoms with Gasteiger partial charge in [0.15, 0.2) is 0 Å². The van der Waals surface area contributed by atoms with Gasteiger partial charge in [0.1, 0.15) is 11.4 Å². The van der Waals surface area contributed by atoms with E-state index in [4.69, 9.17) is 4.74 Å². The summed E-state index contributed by atoms with van der Waals surface area (Å²) in [5, 5.41) is 9.60. The number of methoxy groups -OCH3 is 1. The van der Waals surface area contributed by atoms with Crippen LogP contribution in [0, 0.1) is 0 Å². The Morgan fingerprint density at radius 3 is 2.19 bits per heavy atom. The second-order valence-corrected chi connectivity index (χ2v) is 4.12. The number of amides is 1. The summed E-state index contributed by atoms with van der Waals surface area (Å²) >= 11 is 0. The lowest BCUT2D eigenvalue weighted by atomic mass is 10.1. The Hall–Kier alpha value is -1.55. The molecule has 0 spiro atoms. The van der Waals surface area contributed by atoms with E-state index >= 15 is 0 Å². The lowest BCUT2D eigenvalue weighted by Gasteiger charge is -2.25. The zero-order valence-electron chi connectivity index (χ0n) is 10.0.